The standard InChI is InChI=1S/C16H22FNO/c17-14-10-4-5-11-15(14)18-16(19)12-6-9-13-7-2-1-3-8-13/h4-5,10-11,13H,1-3,6-9,12H2,(H,18,19). The first-order valence-corrected chi connectivity index (χ1v) is 7.30. The summed E-state index contributed by atoms with van der Waals surface area (Å²) < 4.78 is 13.3. The Hall–Kier alpha value is -1.38. The minimum Gasteiger partial charge on any atom is -0.324 e. The number of carbonyl (C=O) groups is 1. The first-order valence-electron chi connectivity index (χ1n) is 7.30. The lowest BCUT2D eigenvalue weighted by molar-refractivity contribution is -0.116. The number of hydrogen-bond acceptors (Lipinski definition) is 1. The summed E-state index contributed by atoms with van der Waals surface area (Å²) in [7, 11) is 0. The van der Waals surface area contributed by atoms with Gasteiger partial charge in [0.05, 0.1) is 5.69 Å². The minimum atomic E-state index is -0.372. The zero-order valence-electron chi connectivity index (χ0n) is 11.3. The average Bonchev–Trinajstić information content (AvgIpc) is 2.43. The smallest absolute Gasteiger partial charge is 0.224 e. The molecule has 3 heteroatoms. The van der Waals surface area contributed by atoms with E-state index in [1.165, 1.54) is 38.2 Å². The maximum atomic E-state index is 13.3. The van der Waals surface area contributed by atoms with Gasteiger partial charge < -0.3 is 5.32 Å². The van der Waals surface area contributed by atoms with Crippen LogP contribution in [0.3, 0.4) is 0 Å². The second-order valence-corrected chi connectivity index (χ2v) is 5.42. The first-order chi connectivity index (χ1) is 9.25. The zero-order valence-corrected chi connectivity index (χ0v) is 11.3. The molecule has 0 heterocycles. The van der Waals surface area contributed by atoms with Crippen LogP contribution in [0.4, 0.5) is 10.1 Å². The fourth-order valence-corrected chi connectivity index (χ4v) is 2.80. The SMILES string of the molecule is O=C(CCCC1CCCCC1)Nc1ccccc1F. The molecule has 0 unspecified atom stereocenters. The Kier molecular flexibility index (Phi) is 5.37. The van der Waals surface area contributed by atoms with Crippen molar-refractivity contribution in [3.8, 4) is 0 Å². The Labute approximate surface area is 114 Å². The molecular weight excluding hydrogens is 241 g/mol. The van der Waals surface area contributed by atoms with Crippen molar-refractivity contribution in [3.63, 3.8) is 0 Å². The normalized spacial score (nSPS) is 16.3. The Morgan fingerprint density at radius 1 is 1.21 bits per heavy atom. The van der Waals surface area contributed by atoms with Gasteiger partial charge in [0.2, 0.25) is 5.91 Å². The molecule has 0 bridgehead atoms. The van der Waals surface area contributed by atoms with E-state index in [0.29, 0.717) is 6.42 Å². The quantitative estimate of drug-likeness (QED) is 0.831. The molecule has 0 spiro atoms. The summed E-state index contributed by atoms with van der Waals surface area (Å²) in [5.41, 5.74) is 0.283. The third kappa shape index (κ3) is 4.66. The summed E-state index contributed by atoms with van der Waals surface area (Å²) in [6.07, 6.45) is 9.20. The van der Waals surface area contributed by atoms with Crippen molar-refractivity contribution in [2.24, 2.45) is 5.92 Å². The van der Waals surface area contributed by atoms with Crippen LogP contribution in [-0.2, 0) is 4.79 Å². The topological polar surface area (TPSA) is 29.1 Å². The number of halogens is 1. The van der Waals surface area contributed by atoms with Gasteiger partial charge in [-0.1, -0.05) is 44.2 Å². The molecule has 1 fully saturated rings. The summed E-state index contributed by atoms with van der Waals surface area (Å²) in [6.45, 7) is 0. The molecule has 1 saturated carbocycles. The van der Waals surface area contributed by atoms with Gasteiger partial charge in [-0.05, 0) is 30.9 Å². The molecule has 0 atom stereocenters. The number of nitrogens with one attached hydrogen (secondary N) is 1. The highest BCUT2D eigenvalue weighted by molar-refractivity contribution is 5.90. The molecule has 1 aliphatic carbocycles. The molecular formula is C16H22FNO. The van der Waals surface area contributed by atoms with Gasteiger partial charge in [0.1, 0.15) is 5.82 Å². The summed E-state index contributed by atoms with van der Waals surface area (Å²) in [6, 6.07) is 6.29. The summed E-state index contributed by atoms with van der Waals surface area (Å²) in [5, 5.41) is 2.63. The molecule has 0 saturated heterocycles. The van der Waals surface area contributed by atoms with Crippen LogP contribution >= 0.6 is 0 Å². The van der Waals surface area contributed by atoms with Gasteiger partial charge in [0.15, 0.2) is 0 Å². The Bertz CT molecular complexity index is 413. The fraction of sp³-hybridized carbons (Fsp3) is 0.562. The summed E-state index contributed by atoms with van der Waals surface area (Å²) in [4.78, 5) is 11.7. The molecule has 1 aromatic rings. The van der Waals surface area contributed by atoms with Crippen LogP contribution in [0.15, 0.2) is 24.3 Å². The van der Waals surface area contributed by atoms with Crippen molar-refractivity contribution in [2.45, 2.75) is 51.4 Å². The lowest BCUT2D eigenvalue weighted by atomic mass is 9.86. The molecule has 0 aromatic heterocycles. The highest BCUT2D eigenvalue weighted by atomic mass is 19.1. The van der Waals surface area contributed by atoms with Gasteiger partial charge in [-0.25, -0.2) is 4.39 Å². The highest BCUT2D eigenvalue weighted by Gasteiger charge is 2.13. The Morgan fingerprint density at radius 3 is 2.68 bits per heavy atom. The predicted octanol–water partition coefficient (Wildman–Crippen LogP) is 4.51. The van der Waals surface area contributed by atoms with Crippen LogP contribution < -0.4 is 5.32 Å². The molecule has 1 aromatic carbocycles. The van der Waals surface area contributed by atoms with Crippen molar-refractivity contribution in [1.29, 1.82) is 0 Å². The Balaban J connectivity index is 1.68. The summed E-state index contributed by atoms with van der Waals surface area (Å²) >= 11 is 0. The van der Waals surface area contributed by atoms with Gasteiger partial charge in [-0.3, -0.25) is 4.79 Å². The van der Waals surface area contributed by atoms with E-state index in [9.17, 15) is 9.18 Å². The third-order valence-corrected chi connectivity index (χ3v) is 3.89. The van der Waals surface area contributed by atoms with Crippen LogP contribution in [-0.4, -0.2) is 5.91 Å². The number of amides is 1. The van der Waals surface area contributed by atoms with E-state index in [0.717, 1.165) is 18.8 Å². The lowest BCUT2D eigenvalue weighted by Gasteiger charge is -2.21. The van der Waals surface area contributed by atoms with Gasteiger partial charge >= 0.3 is 0 Å². The maximum Gasteiger partial charge on any atom is 0.224 e. The molecule has 2 rings (SSSR count). The van der Waals surface area contributed by atoms with E-state index >= 15 is 0 Å². The van der Waals surface area contributed by atoms with Crippen molar-refractivity contribution >= 4 is 11.6 Å². The predicted molar refractivity (Wildman–Crippen MR) is 75.5 cm³/mol. The van der Waals surface area contributed by atoms with E-state index in [2.05, 4.69) is 5.32 Å². The van der Waals surface area contributed by atoms with E-state index in [1.54, 1.807) is 18.2 Å². The number of anilines is 1. The zero-order chi connectivity index (χ0) is 13.5. The number of hydrogen-bond donors (Lipinski definition) is 1. The van der Waals surface area contributed by atoms with E-state index in [4.69, 9.17) is 0 Å². The van der Waals surface area contributed by atoms with Crippen LogP contribution in [0.2, 0.25) is 0 Å². The van der Waals surface area contributed by atoms with Crippen molar-refractivity contribution < 1.29 is 9.18 Å². The van der Waals surface area contributed by atoms with Crippen LogP contribution in [0.5, 0.6) is 0 Å². The maximum absolute atomic E-state index is 13.3. The molecule has 0 aliphatic heterocycles. The molecule has 2 nitrogen and oxygen atoms in total. The molecule has 1 amide bonds. The van der Waals surface area contributed by atoms with Crippen LogP contribution in [0.1, 0.15) is 51.4 Å². The molecule has 104 valence electrons. The van der Waals surface area contributed by atoms with Crippen molar-refractivity contribution in [1.82, 2.24) is 0 Å². The third-order valence-electron chi connectivity index (χ3n) is 3.89. The monoisotopic (exact) mass is 263 g/mol. The van der Waals surface area contributed by atoms with Gasteiger partial charge in [0.25, 0.3) is 0 Å². The number of benzene rings is 1. The van der Waals surface area contributed by atoms with Crippen LogP contribution in [0.25, 0.3) is 0 Å². The number of rotatable bonds is 5. The molecule has 19 heavy (non-hydrogen) atoms. The average molecular weight is 263 g/mol. The van der Waals surface area contributed by atoms with E-state index < -0.39 is 0 Å². The van der Waals surface area contributed by atoms with Gasteiger partial charge in [-0.15, -0.1) is 0 Å². The fourth-order valence-electron chi connectivity index (χ4n) is 2.80. The molecule has 1 aliphatic rings. The second kappa shape index (κ2) is 7.27. The van der Waals surface area contributed by atoms with Crippen LogP contribution in [0, 0.1) is 11.7 Å². The van der Waals surface area contributed by atoms with Gasteiger partial charge in [-0.2, -0.15) is 0 Å². The largest absolute Gasteiger partial charge is 0.324 e. The van der Waals surface area contributed by atoms with E-state index in [-0.39, 0.29) is 17.4 Å². The summed E-state index contributed by atoms with van der Waals surface area (Å²) in [5.74, 6) is 0.346. The first kappa shape index (κ1) is 14.0. The van der Waals surface area contributed by atoms with Crippen molar-refractivity contribution in [3.05, 3.63) is 30.1 Å². The van der Waals surface area contributed by atoms with Gasteiger partial charge in [0, 0.05) is 6.42 Å². The molecule has 0 radical (unpaired) electrons. The number of carbonyl (C=O) groups excluding carboxylic acids is 1. The Morgan fingerprint density at radius 2 is 1.95 bits per heavy atom. The van der Waals surface area contributed by atoms with Crippen molar-refractivity contribution in [2.75, 3.05) is 5.32 Å². The second-order valence-electron chi connectivity index (χ2n) is 5.42. The molecule has 1 N–H and O–H groups in total. The number of para-hydroxylation sites is 1. The van der Waals surface area contributed by atoms with E-state index in [1.807, 2.05) is 0 Å². The highest BCUT2D eigenvalue weighted by Crippen LogP contribution is 2.27. The minimum absolute atomic E-state index is 0.0825. The lowest BCUT2D eigenvalue weighted by Crippen LogP contribution is -2.13.